The molecule has 1 aliphatic carbocycles. The smallest absolute Gasteiger partial charge is 0.233 e. The highest BCUT2D eigenvalue weighted by Gasteiger charge is 2.43. The third kappa shape index (κ3) is 5.04. The average molecular weight is 409 g/mol. The molecule has 0 radical (unpaired) electrons. The van der Waals surface area contributed by atoms with Crippen LogP contribution in [0.1, 0.15) is 55.7 Å². The van der Waals surface area contributed by atoms with Crippen molar-refractivity contribution in [2.45, 2.75) is 57.5 Å². The number of carbonyl (C=O) groups excluding carboxylic acids is 1. The first kappa shape index (κ1) is 22.4. The van der Waals surface area contributed by atoms with E-state index in [0.29, 0.717) is 6.54 Å². The maximum atomic E-state index is 13.9. The lowest BCUT2D eigenvalue weighted by Gasteiger charge is -2.40. The number of hydrogen-bond donors (Lipinski definition) is 0. The van der Waals surface area contributed by atoms with E-state index in [1.807, 2.05) is 17.0 Å². The van der Waals surface area contributed by atoms with Gasteiger partial charge in [0.15, 0.2) is 0 Å². The second-order valence-electron chi connectivity index (χ2n) is 8.74. The molecule has 0 spiro atoms. The van der Waals surface area contributed by atoms with Crippen molar-refractivity contribution in [3.05, 3.63) is 65.2 Å². The second kappa shape index (κ2) is 10.1. The number of amides is 1. The molecule has 162 valence electrons. The van der Waals surface area contributed by atoms with E-state index in [0.717, 1.165) is 50.1 Å². The number of likely N-dealkylation sites (N-methyl/N-ethyl adjacent to an activating group) is 1. The summed E-state index contributed by atoms with van der Waals surface area (Å²) in [5, 5.41) is 0. The van der Waals surface area contributed by atoms with Crippen molar-refractivity contribution in [1.29, 1.82) is 0 Å². The number of ether oxygens (including phenoxy) is 1. The molecular weight excluding hydrogens is 372 g/mol. The molecule has 4 heteroatoms. The minimum absolute atomic E-state index is 0.271. The molecule has 0 aromatic heterocycles. The van der Waals surface area contributed by atoms with E-state index >= 15 is 0 Å². The molecule has 1 aliphatic rings. The zero-order valence-corrected chi connectivity index (χ0v) is 19.0. The Bertz CT molecular complexity index is 806. The summed E-state index contributed by atoms with van der Waals surface area (Å²) in [6.07, 6.45) is 5.28. The average Bonchev–Trinajstić information content (AvgIpc) is 2.78. The van der Waals surface area contributed by atoms with Crippen LogP contribution >= 0.6 is 0 Å². The quantitative estimate of drug-likeness (QED) is 0.616. The Hall–Kier alpha value is -2.33. The molecule has 1 fully saturated rings. The van der Waals surface area contributed by atoms with Crippen LogP contribution in [0.4, 0.5) is 0 Å². The molecule has 0 unspecified atom stereocenters. The Kier molecular flexibility index (Phi) is 7.54. The fourth-order valence-corrected chi connectivity index (χ4v) is 4.66. The van der Waals surface area contributed by atoms with Crippen LogP contribution in [-0.4, -0.2) is 43.5 Å². The van der Waals surface area contributed by atoms with Crippen molar-refractivity contribution >= 4 is 5.91 Å². The van der Waals surface area contributed by atoms with Gasteiger partial charge >= 0.3 is 0 Å². The first-order chi connectivity index (χ1) is 14.5. The minimum atomic E-state index is -0.411. The van der Waals surface area contributed by atoms with Crippen LogP contribution < -0.4 is 4.74 Å². The second-order valence-corrected chi connectivity index (χ2v) is 8.74. The van der Waals surface area contributed by atoms with Gasteiger partial charge in [0, 0.05) is 19.6 Å². The number of rotatable bonds is 8. The summed E-state index contributed by atoms with van der Waals surface area (Å²) in [6, 6.07) is 16.8. The molecule has 2 aromatic carbocycles. The van der Waals surface area contributed by atoms with Crippen molar-refractivity contribution in [3.8, 4) is 5.75 Å². The van der Waals surface area contributed by atoms with E-state index < -0.39 is 5.41 Å². The lowest BCUT2D eigenvalue weighted by Crippen LogP contribution is -2.47. The van der Waals surface area contributed by atoms with E-state index in [1.165, 1.54) is 17.5 Å². The maximum Gasteiger partial charge on any atom is 0.233 e. The number of benzene rings is 2. The van der Waals surface area contributed by atoms with Crippen molar-refractivity contribution in [2.75, 3.05) is 27.7 Å². The molecule has 3 rings (SSSR count). The van der Waals surface area contributed by atoms with Gasteiger partial charge in [-0.25, -0.2) is 0 Å². The molecule has 2 aromatic rings. The van der Waals surface area contributed by atoms with E-state index in [1.54, 1.807) is 7.11 Å². The van der Waals surface area contributed by atoms with E-state index in [2.05, 4.69) is 62.3 Å². The van der Waals surface area contributed by atoms with Crippen LogP contribution in [0.5, 0.6) is 5.75 Å². The third-order valence-corrected chi connectivity index (χ3v) is 6.32. The van der Waals surface area contributed by atoms with Crippen molar-refractivity contribution in [1.82, 2.24) is 9.80 Å². The Labute approximate surface area is 181 Å². The van der Waals surface area contributed by atoms with Gasteiger partial charge in [0.1, 0.15) is 5.75 Å². The van der Waals surface area contributed by atoms with Crippen LogP contribution in [0.3, 0.4) is 0 Å². The molecular formula is C26H36N2O2. The fraction of sp³-hybridized carbons (Fsp3) is 0.500. The summed E-state index contributed by atoms with van der Waals surface area (Å²) in [5.41, 5.74) is 3.20. The first-order valence-corrected chi connectivity index (χ1v) is 11.1. The van der Waals surface area contributed by atoms with Gasteiger partial charge < -0.3 is 14.5 Å². The summed E-state index contributed by atoms with van der Waals surface area (Å²) in [5.74, 6) is 1.11. The summed E-state index contributed by atoms with van der Waals surface area (Å²) in [7, 11) is 5.83. The normalized spacial score (nSPS) is 15.8. The highest BCUT2D eigenvalue weighted by Crippen LogP contribution is 2.41. The SMILES string of the molecule is CCN(Cc1ccc(CN(C)C)cc1)C(=O)C1(c2ccc(OC)cc2)CCCCC1. The van der Waals surface area contributed by atoms with E-state index in [-0.39, 0.29) is 5.91 Å². The minimum Gasteiger partial charge on any atom is -0.497 e. The van der Waals surface area contributed by atoms with Crippen LogP contribution in [0.2, 0.25) is 0 Å². The Balaban J connectivity index is 1.82. The van der Waals surface area contributed by atoms with Crippen LogP contribution in [-0.2, 0) is 23.3 Å². The molecule has 1 saturated carbocycles. The molecule has 30 heavy (non-hydrogen) atoms. The lowest BCUT2D eigenvalue weighted by molar-refractivity contribution is -0.139. The summed E-state index contributed by atoms with van der Waals surface area (Å²) in [4.78, 5) is 18.1. The Morgan fingerprint density at radius 1 is 0.900 bits per heavy atom. The van der Waals surface area contributed by atoms with Gasteiger partial charge in [-0.1, -0.05) is 55.7 Å². The molecule has 0 atom stereocenters. The van der Waals surface area contributed by atoms with Crippen molar-refractivity contribution in [3.63, 3.8) is 0 Å². The van der Waals surface area contributed by atoms with Gasteiger partial charge in [-0.15, -0.1) is 0 Å². The number of nitrogens with zero attached hydrogens (tertiary/aromatic N) is 2. The van der Waals surface area contributed by atoms with Crippen molar-refractivity contribution < 1.29 is 9.53 Å². The topological polar surface area (TPSA) is 32.8 Å². The predicted octanol–water partition coefficient (Wildman–Crippen LogP) is 5.01. The van der Waals surface area contributed by atoms with Gasteiger partial charge in [-0.2, -0.15) is 0 Å². The molecule has 0 heterocycles. The van der Waals surface area contributed by atoms with Gasteiger partial charge in [-0.3, -0.25) is 4.79 Å². The maximum absolute atomic E-state index is 13.9. The standard InChI is InChI=1S/C26H36N2O2/c1-5-28(20-22-11-9-21(10-12-22)19-27(2)3)25(29)26(17-7-6-8-18-26)23-13-15-24(30-4)16-14-23/h9-16H,5-8,17-20H2,1-4H3. The molecule has 0 saturated heterocycles. The number of hydrogen-bond acceptors (Lipinski definition) is 3. The van der Waals surface area contributed by atoms with E-state index in [9.17, 15) is 4.79 Å². The highest BCUT2D eigenvalue weighted by atomic mass is 16.5. The zero-order chi connectivity index (χ0) is 21.6. The zero-order valence-electron chi connectivity index (χ0n) is 19.0. The largest absolute Gasteiger partial charge is 0.497 e. The Morgan fingerprint density at radius 3 is 1.97 bits per heavy atom. The third-order valence-electron chi connectivity index (χ3n) is 6.32. The summed E-state index contributed by atoms with van der Waals surface area (Å²) in [6.45, 7) is 4.39. The lowest BCUT2D eigenvalue weighted by atomic mass is 9.68. The number of methoxy groups -OCH3 is 1. The summed E-state index contributed by atoms with van der Waals surface area (Å²) >= 11 is 0. The van der Waals surface area contributed by atoms with Crippen LogP contribution in [0, 0.1) is 0 Å². The summed E-state index contributed by atoms with van der Waals surface area (Å²) < 4.78 is 5.33. The number of carbonyl (C=O) groups is 1. The van der Waals surface area contributed by atoms with Crippen LogP contribution in [0.15, 0.2) is 48.5 Å². The predicted molar refractivity (Wildman–Crippen MR) is 123 cm³/mol. The molecule has 4 nitrogen and oxygen atoms in total. The van der Waals surface area contributed by atoms with Gasteiger partial charge in [0.25, 0.3) is 0 Å². The molecule has 0 N–H and O–H groups in total. The monoisotopic (exact) mass is 408 g/mol. The van der Waals surface area contributed by atoms with Gasteiger partial charge in [-0.05, 0) is 62.7 Å². The highest BCUT2D eigenvalue weighted by molar-refractivity contribution is 5.88. The van der Waals surface area contributed by atoms with Crippen molar-refractivity contribution in [2.24, 2.45) is 0 Å². The van der Waals surface area contributed by atoms with Crippen LogP contribution in [0.25, 0.3) is 0 Å². The van der Waals surface area contributed by atoms with E-state index in [4.69, 9.17) is 4.74 Å². The molecule has 1 amide bonds. The first-order valence-electron chi connectivity index (χ1n) is 11.1. The molecule has 0 aliphatic heterocycles. The van der Waals surface area contributed by atoms with Gasteiger partial charge in [0.05, 0.1) is 12.5 Å². The molecule has 0 bridgehead atoms. The fourth-order valence-electron chi connectivity index (χ4n) is 4.66. The van der Waals surface area contributed by atoms with Gasteiger partial charge in [0.2, 0.25) is 5.91 Å². The Morgan fingerprint density at radius 2 is 1.47 bits per heavy atom.